The first-order chi connectivity index (χ1) is 9.13. The molecule has 3 heteroatoms. The summed E-state index contributed by atoms with van der Waals surface area (Å²) in [4.78, 5) is 16.7. The molecule has 98 valence electrons. The summed E-state index contributed by atoms with van der Waals surface area (Å²) in [6.07, 6.45) is 3.34. The van der Waals surface area contributed by atoms with Crippen LogP contribution in [0, 0.1) is 6.92 Å². The van der Waals surface area contributed by atoms with Crippen LogP contribution in [-0.2, 0) is 12.8 Å². The highest BCUT2D eigenvalue weighted by Gasteiger charge is 2.23. The van der Waals surface area contributed by atoms with Gasteiger partial charge in [-0.25, -0.2) is 4.98 Å². The van der Waals surface area contributed by atoms with Crippen LogP contribution in [0.1, 0.15) is 46.9 Å². The van der Waals surface area contributed by atoms with Crippen molar-refractivity contribution in [1.29, 1.82) is 0 Å². The van der Waals surface area contributed by atoms with Crippen LogP contribution in [0.4, 0.5) is 0 Å². The van der Waals surface area contributed by atoms with Crippen LogP contribution in [0.15, 0.2) is 12.1 Å². The van der Waals surface area contributed by atoms with Gasteiger partial charge in [0.15, 0.2) is 5.78 Å². The molecular formula is C16H16ClNO. The number of fused-ring (bicyclic) bond motifs is 2. The Balaban J connectivity index is 2.42. The normalized spacial score (nSPS) is 14.8. The molecule has 1 heterocycles. The standard InChI is InChI=1S/C16H16ClNO/c1-3-10-13(17)8-7-12-9(2)11-5-4-6-14(19)16(11)18-15(10)12/h7-8H,3-6H2,1-2H3. The van der Waals surface area contributed by atoms with E-state index in [1.54, 1.807) is 0 Å². The number of carbonyl (C=O) groups excluding carboxylic acids is 1. The third kappa shape index (κ3) is 1.86. The lowest BCUT2D eigenvalue weighted by Crippen LogP contribution is -2.15. The average Bonchev–Trinajstić information content (AvgIpc) is 2.40. The first kappa shape index (κ1) is 12.6. The zero-order valence-corrected chi connectivity index (χ0v) is 12.0. The van der Waals surface area contributed by atoms with E-state index in [4.69, 9.17) is 11.6 Å². The Kier molecular flexibility index (Phi) is 3.06. The van der Waals surface area contributed by atoms with E-state index in [1.165, 1.54) is 5.56 Å². The maximum atomic E-state index is 12.1. The number of pyridine rings is 1. The Morgan fingerprint density at radius 2 is 2.11 bits per heavy atom. The van der Waals surface area contributed by atoms with Crippen molar-refractivity contribution in [3.8, 4) is 0 Å². The van der Waals surface area contributed by atoms with Gasteiger partial charge in [-0.15, -0.1) is 0 Å². The SMILES string of the molecule is CCc1c(Cl)ccc2c(C)c3c(nc12)C(=O)CCC3. The Morgan fingerprint density at radius 1 is 1.32 bits per heavy atom. The van der Waals surface area contributed by atoms with Crippen LogP contribution in [0.3, 0.4) is 0 Å². The van der Waals surface area contributed by atoms with E-state index in [0.717, 1.165) is 46.3 Å². The van der Waals surface area contributed by atoms with E-state index in [2.05, 4.69) is 18.8 Å². The molecule has 0 aliphatic heterocycles. The molecule has 2 nitrogen and oxygen atoms in total. The number of carbonyl (C=O) groups is 1. The molecule has 0 spiro atoms. The van der Waals surface area contributed by atoms with E-state index in [-0.39, 0.29) is 5.78 Å². The fraction of sp³-hybridized carbons (Fsp3) is 0.375. The number of halogens is 1. The summed E-state index contributed by atoms with van der Waals surface area (Å²) in [6.45, 7) is 4.16. The van der Waals surface area contributed by atoms with Crippen molar-refractivity contribution < 1.29 is 4.79 Å². The molecule has 0 saturated heterocycles. The summed E-state index contributed by atoms with van der Waals surface area (Å²) in [5.41, 5.74) is 4.95. The second-order valence-electron chi connectivity index (χ2n) is 5.12. The minimum atomic E-state index is 0.174. The molecule has 2 aromatic rings. The van der Waals surface area contributed by atoms with E-state index < -0.39 is 0 Å². The number of Topliss-reactive ketones (excluding diaryl/α,β-unsaturated/α-hetero) is 1. The smallest absolute Gasteiger partial charge is 0.181 e. The fourth-order valence-corrected chi connectivity index (χ4v) is 3.26. The first-order valence-electron chi connectivity index (χ1n) is 6.77. The molecular weight excluding hydrogens is 258 g/mol. The maximum Gasteiger partial charge on any atom is 0.181 e. The van der Waals surface area contributed by atoms with Crippen LogP contribution in [0.25, 0.3) is 10.9 Å². The monoisotopic (exact) mass is 273 g/mol. The maximum absolute atomic E-state index is 12.1. The van der Waals surface area contributed by atoms with E-state index in [0.29, 0.717) is 12.1 Å². The summed E-state index contributed by atoms with van der Waals surface area (Å²) in [7, 11) is 0. The summed E-state index contributed by atoms with van der Waals surface area (Å²) in [6, 6.07) is 3.97. The van der Waals surface area contributed by atoms with Crippen molar-refractivity contribution >= 4 is 28.3 Å². The fourth-order valence-electron chi connectivity index (χ4n) is 2.98. The molecule has 0 saturated carbocycles. The number of nitrogens with zero attached hydrogens (tertiary/aromatic N) is 1. The number of aromatic nitrogens is 1. The molecule has 0 radical (unpaired) electrons. The highest BCUT2D eigenvalue weighted by atomic mass is 35.5. The molecule has 1 aliphatic carbocycles. The van der Waals surface area contributed by atoms with Gasteiger partial charge in [-0.05, 0) is 48.9 Å². The van der Waals surface area contributed by atoms with Crippen LogP contribution in [0.2, 0.25) is 5.02 Å². The Labute approximate surface area is 117 Å². The van der Waals surface area contributed by atoms with Gasteiger partial charge in [-0.2, -0.15) is 0 Å². The number of hydrogen-bond acceptors (Lipinski definition) is 2. The first-order valence-corrected chi connectivity index (χ1v) is 7.15. The van der Waals surface area contributed by atoms with Crippen LogP contribution >= 0.6 is 11.6 Å². The Bertz CT molecular complexity index is 691. The minimum Gasteiger partial charge on any atom is -0.292 e. The van der Waals surface area contributed by atoms with Crippen LogP contribution in [-0.4, -0.2) is 10.8 Å². The summed E-state index contributed by atoms with van der Waals surface area (Å²) in [5.74, 6) is 0.174. The number of rotatable bonds is 1. The third-order valence-corrected chi connectivity index (χ3v) is 4.39. The molecule has 0 bridgehead atoms. The topological polar surface area (TPSA) is 30.0 Å². The Hall–Kier alpha value is -1.41. The molecule has 0 atom stereocenters. The van der Waals surface area contributed by atoms with Gasteiger partial charge in [-0.3, -0.25) is 4.79 Å². The molecule has 19 heavy (non-hydrogen) atoms. The van der Waals surface area contributed by atoms with Crippen molar-refractivity contribution in [3.63, 3.8) is 0 Å². The molecule has 0 N–H and O–H groups in total. The number of ketones is 1. The van der Waals surface area contributed by atoms with Gasteiger partial charge in [0.2, 0.25) is 0 Å². The molecule has 0 fully saturated rings. The highest BCUT2D eigenvalue weighted by Crippen LogP contribution is 2.32. The molecule has 0 unspecified atom stereocenters. The molecule has 0 amide bonds. The summed E-state index contributed by atoms with van der Waals surface area (Å²) >= 11 is 6.25. The predicted molar refractivity (Wildman–Crippen MR) is 78.1 cm³/mol. The predicted octanol–water partition coefficient (Wildman–Crippen LogP) is 4.28. The van der Waals surface area contributed by atoms with Crippen LogP contribution < -0.4 is 0 Å². The number of benzene rings is 1. The number of aryl methyl sites for hydroxylation is 2. The van der Waals surface area contributed by atoms with Gasteiger partial charge in [0.1, 0.15) is 5.69 Å². The summed E-state index contributed by atoms with van der Waals surface area (Å²) in [5, 5.41) is 1.87. The third-order valence-electron chi connectivity index (χ3n) is 4.04. The van der Waals surface area contributed by atoms with Crippen molar-refractivity contribution in [2.24, 2.45) is 0 Å². The van der Waals surface area contributed by atoms with Gasteiger partial charge in [0.25, 0.3) is 0 Å². The van der Waals surface area contributed by atoms with Gasteiger partial charge >= 0.3 is 0 Å². The van der Waals surface area contributed by atoms with E-state index in [1.807, 2.05) is 12.1 Å². The molecule has 1 aromatic heterocycles. The minimum absolute atomic E-state index is 0.174. The Morgan fingerprint density at radius 3 is 2.84 bits per heavy atom. The average molecular weight is 274 g/mol. The zero-order valence-electron chi connectivity index (χ0n) is 11.2. The molecule has 3 rings (SSSR count). The van der Waals surface area contributed by atoms with Gasteiger partial charge in [0, 0.05) is 16.8 Å². The second kappa shape index (κ2) is 4.61. The lowest BCUT2D eigenvalue weighted by atomic mass is 9.89. The quantitative estimate of drug-likeness (QED) is 0.776. The largest absolute Gasteiger partial charge is 0.292 e. The summed E-state index contributed by atoms with van der Waals surface area (Å²) < 4.78 is 0. The van der Waals surface area contributed by atoms with Crippen molar-refractivity contribution in [3.05, 3.63) is 39.5 Å². The van der Waals surface area contributed by atoms with Gasteiger partial charge in [0.05, 0.1) is 5.52 Å². The lowest BCUT2D eigenvalue weighted by molar-refractivity contribution is 0.0967. The molecule has 1 aliphatic rings. The van der Waals surface area contributed by atoms with Crippen molar-refractivity contribution in [2.75, 3.05) is 0 Å². The second-order valence-corrected chi connectivity index (χ2v) is 5.52. The van der Waals surface area contributed by atoms with Gasteiger partial charge in [-0.1, -0.05) is 24.6 Å². The van der Waals surface area contributed by atoms with E-state index in [9.17, 15) is 4.79 Å². The molecule has 1 aromatic carbocycles. The lowest BCUT2D eigenvalue weighted by Gasteiger charge is -2.19. The highest BCUT2D eigenvalue weighted by molar-refractivity contribution is 6.32. The number of hydrogen-bond donors (Lipinski definition) is 0. The zero-order chi connectivity index (χ0) is 13.6. The van der Waals surface area contributed by atoms with Crippen molar-refractivity contribution in [2.45, 2.75) is 39.5 Å². The van der Waals surface area contributed by atoms with Gasteiger partial charge < -0.3 is 0 Å². The van der Waals surface area contributed by atoms with Crippen LogP contribution in [0.5, 0.6) is 0 Å². The van der Waals surface area contributed by atoms with Crippen molar-refractivity contribution in [1.82, 2.24) is 4.98 Å². The van der Waals surface area contributed by atoms with E-state index >= 15 is 0 Å².